The maximum Gasteiger partial charge on any atom is 0.274 e. The van der Waals surface area contributed by atoms with Crippen molar-refractivity contribution in [2.75, 3.05) is 0 Å². The van der Waals surface area contributed by atoms with Crippen LogP contribution >= 0.6 is 11.6 Å². The van der Waals surface area contributed by atoms with Crippen molar-refractivity contribution in [2.45, 2.75) is 47.1 Å². The molecule has 138 valence electrons. The second-order valence-corrected chi connectivity index (χ2v) is 7.94. The van der Waals surface area contributed by atoms with Crippen molar-refractivity contribution in [3.05, 3.63) is 69.2 Å². The second-order valence-electron chi connectivity index (χ2n) is 7.56. The number of nitrogens with one attached hydrogen (secondary N) is 1. The van der Waals surface area contributed by atoms with Crippen LogP contribution in [0.15, 0.2) is 36.4 Å². The predicted molar refractivity (Wildman–Crippen MR) is 105 cm³/mol. The molecule has 4 nitrogen and oxygen atoms in total. The van der Waals surface area contributed by atoms with E-state index in [1.807, 2.05) is 59.7 Å². The fraction of sp³-hybridized carbons (Fsp3) is 0.333. The molecule has 0 aliphatic heterocycles. The Balaban J connectivity index is 2.38. The molecule has 2 aromatic rings. The van der Waals surface area contributed by atoms with Crippen molar-refractivity contribution in [1.82, 2.24) is 10.4 Å². The van der Waals surface area contributed by atoms with E-state index in [0.717, 1.165) is 16.7 Å². The Kier molecular flexibility index (Phi) is 5.77. The molecular weight excluding hydrogens is 348 g/mol. The van der Waals surface area contributed by atoms with Crippen LogP contribution in [0.5, 0.6) is 0 Å². The summed E-state index contributed by atoms with van der Waals surface area (Å²) in [7, 11) is 0. The zero-order chi connectivity index (χ0) is 19.6. The van der Waals surface area contributed by atoms with Gasteiger partial charge in [0.1, 0.15) is 0 Å². The van der Waals surface area contributed by atoms with Gasteiger partial charge >= 0.3 is 0 Å². The molecule has 0 atom stereocenters. The number of hydrogen-bond donors (Lipinski definition) is 1. The maximum absolute atomic E-state index is 13.2. The summed E-state index contributed by atoms with van der Waals surface area (Å²) in [6.45, 7) is 11.3. The summed E-state index contributed by atoms with van der Waals surface area (Å²) >= 11 is 6.36. The van der Waals surface area contributed by atoms with Gasteiger partial charge in [-0.15, -0.1) is 0 Å². The van der Waals surface area contributed by atoms with E-state index in [4.69, 9.17) is 11.6 Å². The van der Waals surface area contributed by atoms with E-state index >= 15 is 0 Å². The lowest BCUT2D eigenvalue weighted by atomic mass is 10.0. The molecule has 0 aromatic heterocycles. The highest BCUT2D eigenvalue weighted by molar-refractivity contribution is 6.34. The van der Waals surface area contributed by atoms with Gasteiger partial charge in [-0.3, -0.25) is 15.0 Å². The number of rotatable bonds is 2. The van der Waals surface area contributed by atoms with Crippen molar-refractivity contribution in [1.29, 1.82) is 0 Å². The van der Waals surface area contributed by atoms with Crippen molar-refractivity contribution < 1.29 is 9.59 Å². The van der Waals surface area contributed by atoms with Gasteiger partial charge in [-0.2, -0.15) is 0 Å². The minimum absolute atomic E-state index is 0.338. The summed E-state index contributed by atoms with van der Waals surface area (Å²) in [5.41, 5.74) is 5.81. The first-order chi connectivity index (χ1) is 12.0. The highest BCUT2D eigenvalue weighted by Crippen LogP contribution is 2.26. The molecule has 2 amide bonds. The number of halogens is 1. The number of hydrazine groups is 1. The Bertz CT molecular complexity index is 836. The average molecular weight is 373 g/mol. The molecule has 0 spiro atoms. The fourth-order valence-corrected chi connectivity index (χ4v) is 2.81. The smallest absolute Gasteiger partial charge is 0.267 e. The van der Waals surface area contributed by atoms with Crippen LogP contribution in [0.4, 0.5) is 0 Å². The predicted octanol–water partition coefficient (Wildman–Crippen LogP) is 4.85. The zero-order valence-corrected chi connectivity index (χ0v) is 16.9. The van der Waals surface area contributed by atoms with E-state index in [-0.39, 0.29) is 11.8 Å². The molecule has 2 rings (SSSR count). The molecular formula is C21H25ClN2O2. The van der Waals surface area contributed by atoms with E-state index in [0.29, 0.717) is 16.1 Å². The Labute approximate surface area is 160 Å². The molecule has 0 aliphatic carbocycles. The molecule has 0 aliphatic rings. The van der Waals surface area contributed by atoms with Crippen LogP contribution in [0.2, 0.25) is 5.02 Å². The number of nitrogens with zero attached hydrogens (tertiary/aromatic N) is 1. The standard InChI is InChI=1S/C21H25ClN2O2/c1-13-7-9-16(10-8-13)19(25)23-24(21(4,5)6)20(26)17-12-14(2)11-15(3)18(17)22/h7-12H,1-6H3,(H,23,25). The summed E-state index contributed by atoms with van der Waals surface area (Å²) in [6, 6.07) is 10.9. The Morgan fingerprint density at radius 1 is 0.962 bits per heavy atom. The summed E-state index contributed by atoms with van der Waals surface area (Å²) in [4.78, 5) is 25.8. The minimum Gasteiger partial charge on any atom is -0.267 e. The highest BCUT2D eigenvalue weighted by atomic mass is 35.5. The van der Waals surface area contributed by atoms with E-state index in [2.05, 4.69) is 5.43 Å². The minimum atomic E-state index is -0.627. The summed E-state index contributed by atoms with van der Waals surface area (Å²) < 4.78 is 0. The van der Waals surface area contributed by atoms with Gasteiger partial charge in [0.15, 0.2) is 0 Å². The molecule has 0 heterocycles. The quantitative estimate of drug-likeness (QED) is 0.766. The second kappa shape index (κ2) is 7.50. The van der Waals surface area contributed by atoms with Crippen LogP contribution in [0.3, 0.4) is 0 Å². The van der Waals surface area contributed by atoms with Gasteiger partial charge in [0.25, 0.3) is 11.8 Å². The average Bonchev–Trinajstić information content (AvgIpc) is 2.54. The molecule has 0 saturated heterocycles. The third-order valence-electron chi connectivity index (χ3n) is 4.03. The topological polar surface area (TPSA) is 49.4 Å². The molecule has 5 heteroatoms. The number of aryl methyl sites for hydroxylation is 3. The van der Waals surface area contributed by atoms with Crippen LogP contribution in [-0.4, -0.2) is 22.4 Å². The first-order valence-electron chi connectivity index (χ1n) is 8.49. The monoisotopic (exact) mass is 372 g/mol. The van der Waals surface area contributed by atoms with Crippen molar-refractivity contribution >= 4 is 23.4 Å². The lowest BCUT2D eigenvalue weighted by Crippen LogP contribution is -2.56. The van der Waals surface area contributed by atoms with E-state index in [1.54, 1.807) is 18.2 Å². The fourth-order valence-electron chi connectivity index (χ4n) is 2.62. The number of benzene rings is 2. The summed E-state index contributed by atoms with van der Waals surface area (Å²) in [5.74, 6) is -0.677. The Hall–Kier alpha value is -2.33. The summed E-state index contributed by atoms with van der Waals surface area (Å²) in [5, 5.41) is 1.74. The lowest BCUT2D eigenvalue weighted by molar-refractivity contribution is 0.0358. The van der Waals surface area contributed by atoms with Crippen molar-refractivity contribution in [3.63, 3.8) is 0 Å². The molecule has 0 saturated carbocycles. The number of amides is 2. The van der Waals surface area contributed by atoms with E-state index < -0.39 is 5.54 Å². The van der Waals surface area contributed by atoms with Crippen molar-refractivity contribution in [3.8, 4) is 0 Å². The van der Waals surface area contributed by atoms with Gasteiger partial charge in [0.2, 0.25) is 0 Å². The van der Waals surface area contributed by atoms with Crippen LogP contribution in [-0.2, 0) is 0 Å². The number of hydrogen-bond acceptors (Lipinski definition) is 2. The molecule has 2 aromatic carbocycles. The maximum atomic E-state index is 13.2. The molecule has 26 heavy (non-hydrogen) atoms. The van der Waals surface area contributed by atoms with Gasteiger partial charge in [0, 0.05) is 5.56 Å². The normalized spacial score (nSPS) is 11.2. The largest absolute Gasteiger partial charge is 0.274 e. The first-order valence-corrected chi connectivity index (χ1v) is 8.87. The summed E-state index contributed by atoms with van der Waals surface area (Å²) in [6.07, 6.45) is 0. The van der Waals surface area contributed by atoms with Crippen LogP contribution in [0.25, 0.3) is 0 Å². The third-order valence-corrected chi connectivity index (χ3v) is 4.53. The lowest BCUT2D eigenvalue weighted by Gasteiger charge is -2.35. The van der Waals surface area contributed by atoms with Gasteiger partial charge in [-0.25, -0.2) is 5.01 Å². The van der Waals surface area contributed by atoms with Gasteiger partial charge < -0.3 is 0 Å². The van der Waals surface area contributed by atoms with Crippen LogP contribution in [0.1, 0.15) is 58.2 Å². The van der Waals surface area contributed by atoms with Gasteiger partial charge in [0.05, 0.1) is 16.1 Å². The molecule has 0 unspecified atom stereocenters. The SMILES string of the molecule is Cc1ccc(C(=O)NN(C(=O)c2cc(C)cc(C)c2Cl)C(C)(C)C)cc1. The molecule has 1 N–H and O–H groups in total. The molecule has 0 radical (unpaired) electrons. The molecule has 0 bridgehead atoms. The van der Waals surface area contributed by atoms with Gasteiger partial charge in [-0.1, -0.05) is 35.4 Å². The van der Waals surface area contributed by atoms with Gasteiger partial charge in [-0.05, 0) is 70.9 Å². The highest BCUT2D eigenvalue weighted by Gasteiger charge is 2.31. The number of carbonyl (C=O) groups is 2. The van der Waals surface area contributed by atoms with Crippen LogP contribution < -0.4 is 5.43 Å². The van der Waals surface area contributed by atoms with E-state index in [9.17, 15) is 9.59 Å². The van der Waals surface area contributed by atoms with Crippen molar-refractivity contribution in [2.24, 2.45) is 0 Å². The molecule has 0 fully saturated rings. The number of carbonyl (C=O) groups excluding carboxylic acids is 2. The van der Waals surface area contributed by atoms with Crippen LogP contribution in [0, 0.1) is 20.8 Å². The Morgan fingerprint density at radius 2 is 1.54 bits per heavy atom. The zero-order valence-electron chi connectivity index (χ0n) is 16.1. The third kappa shape index (κ3) is 4.44. The first kappa shape index (κ1) is 20.0. The Morgan fingerprint density at radius 3 is 2.08 bits per heavy atom. The van der Waals surface area contributed by atoms with E-state index in [1.165, 1.54) is 5.01 Å².